The topological polar surface area (TPSA) is 93.8 Å². The van der Waals surface area contributed by atoms with Gasteiger partial charge >= 0.3 is 5.76 Å². The molecular formula is C24H23N3O5S. The van der Waals surface area contributed by atoms with Crippen LogP contribution < -0.4 is 15.8 Å². The van der Waals surface area contributed by atoms with E-state index in [-0.39, 0.29) is 18.4 Å². The van der Waals surface area contributed by atoms with Crippen molar-refractivity contribution in [1.82, 2.24) is 9.47 Å². The lowest BCUT2D eigenvalue weighted by Crippen LogP contribution is -2.39. The zero-order valence-electron chi connectivity index (χ0n) is 18.1. The van der Waals surface area contributed by atoms with Gasteiger partial charge in [-0.2, -0.15) is 0 Å². The maximum Gasteiger partial charge on any atom is 0.420 e. The number of piperidine rings is 1. The molecule has 8 nitrogen and oxygen atoms in total. The van der Waals surface area contributed by atoms with E-state index in [4.69, 9.17) is 9.15 Å². The van der Waals surface area contributed by atoms with Crippen LogP contribution in [0.1, 0.15) is 29.6 Å². The highest BCUT2D eigenvalue weighted by Gasteiger charge is 2.20. The average molecular weight is 466 g/mol. The van der Waals surface area contributed by atoms with Gasteiger partial charge in [0.1, 0.15) is 12.3 Å². The van der Waals surface area contributed by atoms with E-state index in [1.807, 2.05) is 11.4 Å². The quantitative estimate of drug-likeness (QED) is 0.479. The summed E-state index contributed by atoms with van der Waals surface area (Å²) in [4.78, 5) is 39.9. The number of oxazole rings is 1. The molecule has 0 atom stereocenters. The van der Waals surface area contributed by atoms with Crippen LogP contribution in [0.3, 0.4) is 0 Å². The van der Waals surface area contributed by atoms with Gasteiger partial charge in [0.25, 0.3) is 5.91 Å². The molecule has 0 saturated carbocycles. The summed E-state index contributed by atoms with van der Waals surface area (Å²) in [7, 11) is 1.60. The van der Waals surface area contributed by atoms with Crippen LogP contribution >= 0.6 is 11.3 Å². The second-order valence-corrected chi connectivity index (χ2v) is 8.93. The minimum absolute atomic E-state index is 0.0858. The van der Waals surface area contributed by atoms with E-state index in [1.54, 1.807) is 42.3 Å². The predicted molar refractivity (Wildman–Crippen MR) is 127 cm³/mol. The van der Waals surface area contributed by atoms with Gasteiger partial charge in [0, 0.05) is 24.2 Å². The van der Waals surface area contributed by atoms with Crippen molar-refractivity contribution in [2.45, 2.75) is 25.8 Å². The van der Waals surface area contributed by atoms with Gasteiger partial charge in [-0.05, 0) is 61.0 Å². The van der Waals surface area contributed by atoms with Crippen LogP contribution in [0.5, 0.6) is 5.75 Å². The molecule has 1 aliphatic rings. The summed E-state index contributed by atoms with van der Waals surface area (Å²) in [6, 6.07) is 10.4. The Morgan fingerprint density at radius 3 is 2.73 bits per heavy atom. The first kappa shape index (κ1) is 21.3. The summed E-state index contributed by atoms with van der Waals surface area (Å²) in [5.74, 6) is -0.252. The number of hydrogen-bond donors (Lipinski definition) is 1. The van der Waals surface area contributed by atoms with Crippen molar-refractivity contribution in [3.05, 3.63) is 57.9 Å². The highest BCUT2D eigenvalue weighted by atomic mass is 32.1. The highest BCUT2D eigenvalue weighted by molar-refractivity contribution is 7.17. The molecule has 1 fully saturated rings. The normalized spacial score (nSPS) is 14.0. The zero-order chi connectivity index (χ0) is 22.9. The Bertz CT molecular complexity index is 1410. The molecule has 1 N–H and O–H groups in total. The van der Waals surface area contributed by atoms with E-state index in [2.05, 4.69) is 5.32 Å². The number of ether oxygens (including phenoxy) is 1. The minimum Gasteiger partial charge on any atom is -0.496 e. The molecule has 9 heteroatoms. The molecule has 2 aromatic heterocycles. The number of carbonyl (C=O) groups excluding carboxylic acids is 2. The minimum atomic E-state index is -0.589. The smallest absolute Gasteiger partial charge is 0.420 e. The fourth-order valence-corrected chi connectivity index (χ4v) is 5.18. The summed E-state index contributed by atoms with van der Waals surface area (Å²) >= 11 is 1.47. The average Bonchev–Trinajstić information content (AvgIpc) is 3.44. The number of nitrogens with one attached hydrogen (secondary N) is 1. The fraction of sp³-hybridized carbons (Fsp3) is 0.292. The molecule has 0 aliphatic carbocycles. The summed E-state index contributed by atoms with van der Waals surface area (Å²) in [5.41, 5.74) is 1.88. The number of likely N-dealkylation sites (tertiary alicyclic amines) is 1. The van der Waals surface area contributed by atoms with Crippen LogP contribution in [0.2, 0.25) is 0 Å². The Balaban J connectivity index is 1.42. The fourth-order valence-electron chi connectivity index (χ4n) is 4.26. The Morgan fingerprint density at radius 2 is 1.94 bits per heavy atom. The Labute approximate surface area is 193 Å². The maximum absolute atomic E-state index is 13.0. The maximum atomic E-state index is 13.0. The van der Waals surface area contributed by atoms with E-state index < -0.39 is 5.76 Å². The number of methoxy groups -OCH3 is 1. The van der Waals surface area contributed by atoms with Crippen LogP contribution in [0, 0.1) is 0 Å². The van der Waals surface area contributed by atoms with E-state index >= 15 is 0 Å². The third kappa shape index (κ3) is 4.00. The number of hydrogen-bond acceptors (Lipinski definition) is 6. The third-order valence-electron chi connectivity index (χ3n) is 5.97. The molecule has 0 bridgehead atoms. The lowest BCUT2D eigenvalue weighted by Gasteiger charge is -2.26. The summed E-state index contributed by atoms with van der Waals surface area (Å²) < 4.78 is 12.9. The lowest BCUT2D eigenvalue weighted by atomic mass is 10.1. The van der Waals surface area contributed by atoms with Gasteiger partial charge in [0.2, 0.25) is 5.91 Å². The zero-order valence-corrected chi connectivity index (χ0v) is 18.9. The van der Waals surface area contributed by atoms with E-state index in [0.717, 1.165) is 29.3 Å². The first-order chi connectivity index (χ1) is 16.0. The molecule has 1 saturated heterocycles. The van der Waals surface area contributed by atoms with E-state index in [9.17, 15) is 14.4 Å². The van der Waals surface area contributed by atoms with Crippen LogP contribution in [0.4, 0.5) is 5.69 Å². The van der Waals surface area contributed by atoms with Crippen molar-refractivity contribution in [3.8, 4) is 5.75 Å². The molecule has 0 radical (unpaired) electrons. The van der Waals surface area contributed by atoms with Crippen LogP contribution in [-0.2, 0) is 11.3 Å². The molecule has 2 amide bonds. The largest absolute Gasteiger partial charge is 0.496 e. The highest BCUT2D eigenvalue weighted by Crippen LogP contribution is 2.33. The van der Waals surface area contributed by atoms with Crippen molar-refractivity contribution in [2.24, 2.45) is 0 Å². The molecule has 5 rings (SSSR count). The van der Waals surface area contributed by atoms with Gasteiger partial charge < -0.3 is 19.4 Å². The SMILES string of the molecule is COc1ccc(C(=O)Nc2ccc3oc(=O)n(CC(=O)N4CCCCC4)c3c2)c2sccc12. The number of fused-ring (bicyclic) bond motifs is 2. The van der Waals surface area contributed by atoms with Crippen molar-refractivity contribution >= 4 is 50.0 Å². The van der Waals surface area contributed by atoms with Crippen LogP contribution in [0.25, 0.3) is 21.2 Å². The van der Waals surface area contributed by atoms with E-state index in [0.29, 0.717) is 41.2 Å². The van der Waals surface area contributed by atoms with Gasteiger partial charge in [0.15, 0.2) is 5.58 Å². The monoisotopic (exact) mass is 465 g/mol. The number of rotatable bonds is 5. The number of nitrogens with zero attached hydrogens (tertiary/aromatic N) is 2. The number of carbonyl (C=O) groups is 2. The Kier molecular flexibility index (Phi) is 5.63. The lowest BCUT2D eigenvalue weighted by molar-refractivity contribution is -0.132. The summed E-state index contributed by atoms with van der Waals surface area (Å²) in [5, 5.41) is 5.69. The molecule has 3 heterocycles. The van der Waals surface area contributed by atoms with Gasteiger partial charge in [-0.15, -0.1) is 11.3 Å². The van der Waals surface area contributed by atoms with Crippen molar-refractivity contribution in [2.75, 3.05) is 25.5 Å². The second-order valence-electron chi connectivity index (χ2n) is 8.01. The predicted octanol–water partition coefficient (Wildman–Crippen LogP) is 4.08. The van der Waals surface area contributed by atoms with Crippen molar-refractivity contribution < 1.29 is 18.7 Å². The van der Waals surface area contributed by atoms with Crippen LogP contribution in [-0.4, -0.2) is 41.5 Å². The van der Waals surface area contributed by atoms with Gasteiger partial charge in [-0.1, -0.05) is 0 Å². The Hall–Kier alpha value is -3.59. The van der Waals surface area contributed by atoms with Crippen LogP contribution in [0.15, 0.2) is 51.0 Å². The summed E-state index contributed by atoms with van der Waals surface area (Å²) in [6.07, 6.45) is 3.07. The molecule has 0 spiro atoms. The standard InChI is InChI=1S/C24H23N3O5S/c1-31-19-8-6-17(22-16(19)9-12-33-22)23(29)25-15-5-7-20-18(13-15)27(24(30)32-20)14-21(28)26-10-3-2-4-11-26/h5-9,12-13H,2-4,10-11,14H2,1H3,(H,25,29). The molecular weight excluding hydrogens is 442 g/mol. The molecule has 2 aromatic carbocycles. The second kappa shape index (κ2) is 8.74. The number of thiophene rings is 1. The Morgan fingerprint density at radius 1 is 1.12 bits per heavy atom. The first-order valence-electron chi connectivity index (χ1n) is 10.8. The van der Waals surface area contributed by atoms with Crippen molar-refractivity contribution in [1.29, 1.82) is 0 Å². The number of anilines is 1. The van der Waals surface area contributed by atoms with Gasteiger partial charge in [0.05, 0.1) is 22.9 Å². The molecule has 170 valence electrons. The van der Waals surface area contributed by atoms with Crippen molar-refractivity contribution in [3.63, 3.8) is 0 Å². The number of benzene rings is 2. The van der Waals surface area contributed by atoms with Gasteiger partial charge in [-0.25, -0.2) is 4.79 Å². The number of aromatic nitrogens is 1. The molecule has 0 unspecified atom stereocenters. The van der Waals surface area contributed by atoms with Gasteiger partial charge in [-0.3, -0.25) is 14.2 Å². The molecule has 33 heavy (non-hydrogen) atoms. The third-order valence-corrected chi connectivity index (χ3v) is 6.92. The molecule has 1 aliphatic heterocycles. The molecule has 4 aromatic rings. The summed E-state index contributed by atoms with van der Waals surface area (Å²) in [6.45, 7) is 1.34. The first-order valence-corrected chi connectivity index (χ1v) is 11.7. The van der Waals surface area contributed by atoms with E-state index in [1.165, 1.54) is 15.9 Å². The number of amides is 2.